The van der Waals surface area contributed by atoms with Gasteiger partial charge in [0.1, 0.15) is 18.6 Å². The SMILES string of the molecule is CN1CC(=O)N(CC2N=C(N)N3CC(NC(=O)n4cccn4)C(O)(O)C34NC(N)=NC24)C1=O. The summed E-state index contributed by atoms with van der Waals surface area (Å²) in [6.07, 6.45) is 2.80. The van der Waals surface area contributed by atoms with Crippen LogP contribution in [-0.2, 0) is 4.79 Å². The van der Waals surface area contributed by atoms with Gasteiger partial charge in [0.05, 0.1) is 12.6 Å². The van der Waals surface area contributed by atoms with E-state index >= 15 is 0 Å². The van der Waals surface area contributed by atoms with Crippen molar-refractivity contribution in [2.75, 3.05) is 26.7 Å². The number of nitrogens with two attached hydrogens (primary N) is 2. The summed E-state index contributed by atoms with van der Waals surface area (Å²) in [5.41, 5.74) is 10.3. The number of carbonyl (C=O) groups excluding carboxylic acids is 3. The number of imide groups is 1. The molecule has 2 fully saturated rings. The van der Waals surface area contributed by atoms with E-state index in [1.807, 2.05) is 0 Å². The molecular formula is C17H23N11O5. The minimum atomic E-state index is -2.64. The predicted molar refractivity (Wildman–Crippen MR) is 110 cm³/mol. The third-order valence-corrected chi connectivity index (χ3v) is 6.41. The second-order valence-electron chi connectivity index (χ2n) is 8.34. The van der Waals surface area contributed by atoms with Crippen molar-refractivity contribution in [1.29, 1.82) is 0 Å². The van der Waals surface area contributed by atoms with Gasteiger partial charge in [-0.1, -0.05) is 0 Å². The predicted octanol–water partition coefficient (Wildman–Crippen LogP) is -4.62. The largest absolute Gasteiger partial charge is 0.370 e. The van der Waals surface area contributed by atoms with E-state index in [9.17, 15) is 24.6 Å². The van der Waals surface area contributed by atoms with Crippen LogP contribution in [0.5, 0.6) is 0 Å². The monoisotopic (exact) mass is 461 g/mol. The molecule has 4 aliphatic rings. The van der Waals surface area contributed by atoms with Gasteiger partial charge >= 0.3 is 12.1 Å². The molecule has 8 N–H and O–H groups in total. The average molecular weight is 461 g/mol. The zero-order chi connectivity index (χ0) is 23.7. The van der Waals surface area contributed by atoms with Gasteiger partial charge in [0.15, 0.2) is 17.6 Å². The van der Waals surface area contributed by atoms with Crippen LogP contribution in [0.4, 0.5) is 9.59 Å². The van der Waals surface area contributed by atoms with E-state index in [0.717, 1.165) is 9.58 Å². The summed E-state index contributed by atoms with van der Waals surface area (Å²) in [5, 5.41) is 31.8. The highest BCUT2D eigenvalue weighted by Gasteiger charge is 2.73. The van der Waals surface area contributed by atoms with Gasteiger partial charge in [-0.25, -0.2) is 19.6 Å². The molecular weight excluding hydrogens is 438 g/mol. The fraction of sp³-hybridized carbons (Fsp3) is 0.529. The van der Waals surface area contributed by atoms with E-state index in [0.29, 0.717) is 0 Å². The average Bonchev–Trinajstić information content (AvgIpc) is 3.48. The number of hydrogen-bond acceptors (Lipinski definition) is 12. The molecule has 176 valence electrons. The maximum atomic E-state index is 12.5. The third-order valence-electron chi connectivity index (χ3n) is 6.41. The van der Waals surface area contributed by atoms with Crippen LogP contribution >= 0.6 is 0 Å². The second kappa shape index (κ2) is 6.79. The molecule has 16 heteroatoms. The number of guanidine groups is 2. The van der Waals surface area contributed by atoms with Crippen molar-refractivity contribution in [3.05, 3.63) is 18.5 Å². The van der Waals surface area contributed by atoms with E-state index in [-0.39, 0.29) is 31.6 Å². The minimum Gasteiger partial charge on any atom is -0.370 e. The van der Waals surface area contributed by atoms with Gasteiger partial charge in [-0.05, 0) is 6.07 Å². The van der Waals surface area contributed by atoms with E-state index < -0.39 is 47.5 Å². The fourth-order valence-corrected chi connectivity index (χ4v) is 4.88. The second-order valence-corrected chi connectivity index (χ2v) is 8.34. The maximum absolute atomic E-state index is 12.5. The summed E-state index contributed by atoms with van der Waals surface area (Å²) in [6, 6.07) is -2.88. The zero-order valence-corrected chi connectivity index (χ0v) is 17.5. The van der Waals surface area contributed by atoms with Crippen LogP contribution in [0.25, 0.3) is 0 Å². The highest BCUT2D eigenvalue weighted by molar-refractivity contribution is 6.02. The number of rotatable bonds is 3. The van der Waals surface area contributed by atoms with Crippen molar-refractivity contribution in [2.45, 2.75) is 29.6 Å². The standard InChI is InChI=1S/C17H23N11O5/c1-25-7-10(29)26(15(25)31)5-8-11-16(24-12(18)23-11)17(32,33)9(6-27(16)13(19)21-8)22-14(30)28-4-2-3-20-28/h2-4,8-9,11,32-33H,5-7H2,1H3,(H2,19,21)(H,22,30)(H3,18,23,24). The van der Waals surface area contributed by atoms with E-state index in [1.165, 1.54) is 35.3 Å². The van der Waals surface area contributed by atoms with Crippen LogP contribution in [0.3, 0.4) is 0 Å². The first kappa shape index (κ1) is 21.0. The van der Waals surface area contributed by atoms with Crippen molar-refractivity contribution < 1.29 is 24.6 Å². The summed E-state index contributed by atoms with van der Waals surface area (Å²) in [4.78, 5) is 49.5. The van der Waals surface area contributed by atoms with Crippen LogP contribution in [0.1, 0.15) is 0 Å². The molecule has 0 aliphatic carbocycles. The Hall–Kier alpha value is -3.92. The number of amides is 4. The topological polar surface area (TPSA) is 220 Å². The van der Waals surface area contributed by atoms with Crippen molar-refractivity contribution in [2.24, 2.45) is 21.5 Å². The van der Waals surface area contributed by atoms with Gasteiger partial charge in [0.2, 0.25) is 11.7 Å². The molecule has 0 bridgehead atoms. The molecule has 4 aliphatic heterocycles. The number of likely N-dealkylation sites (N-methyl/N-ethyl adjacent to an activating group) is 1. The lowest BCUT2D eigenvalue weighted by Crippen LogP contribution is -2.78. The van der Waals surface area contributed by atoms with Crippen LogP contribution < -0.4 is 22.1 Å². The van der Waals surface area contributed by atoms with Gasteiger partial charge in [-0.2, -0.15) is 9.78 Å². The number of urea groups is 1. The molecule has 4 atom stereocenters. The van der Waals surface area contributed by atoms with E-state index in [2.05, 4.69) is 25.7 Å². The van der Waals surface area contributed by atoms with Gasteiger partial charge in [-0.3, -0.25) is 9.69 Å². The molecule has 0 radical (unpaired) electrons. The number of hydrogen-bond donors (Lipinski definition) is 6. The first-order chi connectivity index (χ1) is 15.6. The van der Waals surface area contributed by atoms with Crippen LogP contribution in [-0.4, -0.2) is 121 Å². The Kier molecular flexibility index (Phi) is 4.31. The Morgan fingerprint density at radius 1 is 1.33 bits per heavy atom. The lowest BCUT2D eigenvalue weighted by Gasteiger charge is -2.49. The van der Waals surface area contributed by atoms with Crippen molar-refractivity contribution in [3.63, 3.8) is 0 Å². The van der Waals surface area contributed by atoms with Crippen LogP contribution in [0.2, 0.25) is 0 Å². The zero-order valence-electron chi connectivity index (χ0n) is 17.5. The number of nitrogens with zero attached hydrogens (tertiary/aromatic N) is 7. The summed E-state index contributed by atoms with van der Waals surface area (Å²) in [7, 11) is 1.49. The molecule has 0 saturated carbocycles. The third kappa shape index (κ3) is 2.77. The van der Waals surface area contributed by atoms with Crippen LogP contribution in [0.15, 0.2) is 28.4 Å². The lowest BCUT2D eigenvalue weighted by atomic mass is 9.85. The molecule has 1 spiro atoms. The van der Waals surface area contributed by atoms with Crippen molar-refractivity contribution >= 4 is 29.9 Å². The highest BCUT2D eigenvalue weighted by atomic mass is 16.5. The molecule has 33 heavy (non-hydrogen) atoms. The smallest absolute Gasteiger partial charge is 0.342 e. The summed E-state index contributed by atoms with van der Waals surface area (Å²) >= 11 is 0. The number of carbonyl (C=O) groups is 3. The molecule has 0 aromatic carbocycles. The molecule has 5 rings (SSSR count). The van der Waals surface area contributed by atoms with Crippen molar-refractivity contribution in [1.82, 2.24) is 35.1 Å². The molecule has 1 aromatic heterocycles. The normalized spacial score (nSPS) is 32.3. The van der Waals surface area contributed by atoms with E-state index in [1.54, 1.807) is 0 Å². The highest BCUT2D eigenvalue weighted by Crippen LogP contribution is 2.45. The number of aliphatic imine (C=N–C) groups is 2. The quantitative estimate of drug-likeness (QED) is 0.187. The Labute approximate surface area is 186 Å². The summed E-state index contributed by atoms with van der Waals surface area (Å²) in [6.45, 7) is -0.414. The first-order valence-electron chi connectivity index (χ1n) is 10.1. The molecule has 4 unspecified atom stereocenters. The minimum absolute atomic E-state index is 0.0815. The summed E-state index contributed by atoms with van der Waals surface area (Å²) < 4.78 is 0.997. The summed E-state index contributed by atoms with van der Waals surface area (Å²) in [5.74, 6) is -3.27. The number of aromatic nitrogens is 2. The number of aliphatic hydroxyl groups is 2. The van der Waals surface area contributed by atoms with Gasteiger partial charge in [-0.15, -0.1) is 0 Å². The lowest BCUT2D eigenvalue weighted by molar-refractivity contribution is -0.230. The molecule has 1 aromatic rings. The van der Waals surface area contributed by atoms with E-state index in [4.69, 9.17) is 11.5 Å². The van der Waals surface area contributed by atoms with Gasteiger partial charge < -0.3 is 42.1 Å². The maximum Gasteiger partial charge on any atom is 0.342 e. The molecule has 4 amide bonds. The van der Waals surface area contributed by atoms with Crippen molar-refractivity contribution in [3.8, 4) is 0 Å². The van der Waals surface area contributed by atoms with Gasteiger partial charge in [0, 0.05) is 26.0 Å². The Morgan fingerprint density at radius 2 is 2.09 bits per heavy atom. The Bertz CT molecular complexity index is 1090. The molecule has 2 saturated heterocycles. The van der Waals surface area contributed by atoms with Crippen LogP contribution in [0, 0.1) is 0 Å². The number of nitrogens with one attached hydrogen (secondary N) is 2. The van der Waals surface area contributed by atoms with Gasteiger partial charge in [0.25, 0.3) is 0 Å². The first-order valence-corrected chi connectivity index (χ1v) is 10.1. The molecule has 16 nitrogen and oxygen atoms in total. The fourth-order valence-electron chi connectivity index (χ4n) is 4.88. The Balaban J connectivity index is 1.48. The Morgan fingerprint density at radius 3 is 2.73 bits per heavy atom. The molecule has 5 heterocycles.